The van der Waals surface area contributed by atoms with Crippen LogP contribution in [-0.2, 0) is 9.84 Å². The molecule has 128 valence electrons. The van der Waals surface area contributed by atoms with Gasteiger partial charge in [0, 0.05) is 17.8 Å². The van der Waals surface area contributed by atoms with E-state index in [4.69, 9.17) is 16.0 Å². The molecule has 0 unspecified atom stereocenters. The Labute approximate surface area is 150 Å². The summed E-state index contributed by atoms with van der Waals surface area (Å²) in [6, 6.07) is 17.3. The highest BCUT2D eigenvalue weighted by Gasteiger charge is 2.25. The van der Waals surface area contributed by atoms with Crippen LogP contribution in [0.5, 0.6) is 0 Å². The van der Waals surface area contributed by atoms with Gasteiger partial charge in [-0.2, -0.15) is 0 Å². The topological polar surface area (TPSA) is 67.6 Å². The smallest absolute Gasteiger partial charge is 0.293 e. The number of hydrogen-bond donors (Lipinski definition) is 0. The van der Waals surface area contributed by atoms with Crippen LogP contribution in [0.15, 0.2) is 81.1 Å². The highest BCUT2D eigenvalue weighted by atomic mass is 35.5. The molecule has 7 heteroatoms. The summed E-state index contributed by atoms with van der Waals surface area (Å²) in [6.45, 7) is 0. The van der Waals surface area contributed by atoms with E-state index >= 15 is 0 Å². The van der Waals surface area contributed by atoms with E-state index in [0.717, 1.165) is 0 Å². The number of benzene rings is 2. The molecule has 1 heterocycles. The fourth-order valence-corrected chi connectivity index (χ4v) is 3.54. The van der Waals surface area contributed by atoms with E-state index in [1.54, 1.807) is 31.3 Å². The molecular weight excluding hydrogens is 362 g/mol. The number of carbonyl (C=O) groups is 1. The monoisotopic (exact) mass is 375 g/mol. The van der Waals surface area contributed by atoms with Gasteiger partial charge in [-0.3, -0.25) is 4.79 Å². The molecule has 3 rings (SSSR count). The van der Waals surface area contributed by atoms with Crippen molar-refractivity contribution >= 4 is 33.0 Å². The summed E-state index contributed by atoms with van der Waals surface area (Å²) >= 11 is 5.78. The zero-order chi connectivity index (χ0) is 18.0. The van der Waals surface area contributed by atoms with Gasteiger partial charge in [0.2, 0.25) is 14.9 Å². The Morgan fingerprint density at radius 1 is 0.960 bits per heavy atom. The molecule has 0 atom stereocenters. The molecule has 0 aliphatic rings. The fourth-order valence-electron chi connectivity index (χ4n) is 2.24. The number of amides is 1. The summed E-state index contributed by atoms with van der Waals surface area (Å²) in [5, 5.41) is 0.137. The number of anilines is 1. The number of sulfone groups is 1. The summed E-state index contributed by atoms with van der Waals surface area (Å²) in [4.78, 5) is 13.9. The lowest BCUT2D eigenvalue weighted by atomic mass is 10.3. The Hall–Kier alpha value is -2.57. The van der Waals surface area contributed by atoms with Gasteiger partial charge in [0.1, 0.15) is 0 Å². The van der Waals surface area contributed by atoms with Crippen LogP contribution in [0, 0.1) is 0 Å². The SMILES string of the molecule is CN(C(=O)c1ccc(S(=O)(=O)c2ccc(Cl)cc2)o1)c1ccccc1. The van der Waals surface area contributed by atoms with Gasteiger partial charge in [-0.15, -0.1) is 0 Å². The molecule has 0 saturated carbocycles. The average molecular weight is 376 g/mol. The molecule has 0 aliphatic heterocycles. The van der Waals surface area contributed by atoms with Gasteiger partial charge in [-0.1, -0.05) is 29.8 Å². The van der Waals surface area contributed by atoms with Crippen LogP contribution in [-0.4, -0.2) is 21.4 Å². The summed E-state index contributed by atoms with van der Waals surface area (Å²) < 4.78 is 30.4. The zero-order valence-corrected chi connectivity index (χ0v) is 14.8. The van der Waals surface area contributed by atoms with Gasteiger partial charge in [-0.25, -0.2) is 8.42 Å². The maximum Gasteiger partial charge on any atom is 0.293 e. The van der Waals surface area contributed by atoms with Crippen molar-refractivity contribution in [2.24, 2.45) is 0 Å². The average Bonchev–Trinajstić information content (AvgIpc) is 3.12. The summed E-state index contributed by atoms with van der Waals surface area (Å²) in [6.07, 6.45) is 0. The minimum Gasteiger partial charge on any atom is -0.439 e. The second-order valence-corrected chi connectivity index (χ2v) is 7.59. The Kier molecular flexibility index (Phi) is 4.65. The Bertz CT molecular complexity index is 995. The third kappa shape index (κ3) is 3.45. The van der Waals surface area contributed by atoms with Crippen LogP contribution in [0.3, 0.4) is 0 Å². The lowest BCUT2D eigenvalue weighted by molar-refractivity contribution is 0.0961. The van der Waals surface area contributed by atoms with Crippen molar-refractivity contribution in [3.8, 4) is 0 Å². The maximum absolute atomic E-state index is 12.6. The van der Waals surface area contributed by atoms with Crippen molar-refractivity contribution < 1.29 is 17.6 Å². The van der Waals surface area contributed by atoms with Crippen molar-refractivity contribution in [1.82, 2.24) is 0 Å². The fraction of sp³-hybridized carbons (Fsp3) is 0.0556. The minimum atomic E-state index is -3.85. The molecule has 0 saturated heterocycles. The number of halogens is 1. The first-order valence-electron chi connectivity index (χ1n) is 7.33. The van der Waals surface area contributed by atoms with Gasteiger partial charge in [0.15, 0.2) is 5.76 Å². The molecule has 3 aromatic rings. The molecule has 0 radical (unpaired) electrons. The van der Waals surface area contributed by atoms with E-state index in [1.165, 1.54) is 41.3 Å². The van der Waals surface area contributed by atoms with Gasteiger partial charge >= 0.3 is 0 Å². The number of hydrogen-bond acceptors (Lipinski definition) is 4. The molecular formula is C18H14ClNO4S. The quantitative estimate of drug-likeness (QED) is 0.690. The van der Waals surface area contributed by atoms with Crippen molar-refractivity contribution in [2.45, 2.75) is 9.99 Å². The predicted molar refractivity (Wildman–Crippen MR) is 94.8 cm³/mol. The third-order valence-electron chi connectivity index (χ3n) is 3.63. The first-order chi connectivity index (χ1) is 11.9. The second-order valence-electron chi connectivity index (χ2n) is 5.28. The highest BCUT2D eigenvalue weighted by molar-refractivity contribution is 7.91. The van der Waals surface area contributed by atoms with Crippen LogP contribution < -0.4 is 4.90 Å². The molecule has 1 amide bonds. The largest absolute Gasteiger partial charge is 0.439 e. The normalized spacial score (nSPS) is 11.3. The van der Waals surface area contributed by atoms with Gasteiger partial charge in [0.25, 0.3) is 5.91 Å². The van der Waals surface area contributed by atoms with Crippen LogP contribution in [0.2, 0.25) is 5.02 Å². The zero-order valence-electron chi connectivity index (χ0n) is 13.2. The molecule has 1 aromatic heterocycles. The van der Waals surface area contributed by atoms with E-state index in [9.17, 15) is 13.2 Å². The number of para-hydroxylation sites is 1. The van der Waals surface area contributed by atoms with Crippen LogP contribution in [0.1, 0.15) is 10.6 Å². The van der Waals surface area contributed by atoms with Gasteiger partial charge in [-0.05, 0) is 48.5 Å². The first-order valence-corrected chi connectivity index (χ1v) is 9.19. The molecule has 0 spiro atoms. The minimum absolute atomic E-state index is 0.0432. The molecule has 0 N–H and O–H groups in total. The van der Waals surface area contributed by atoms with E-state index in [1.807, 2.05) is 6.07 Å². The lowest BCUT2D eigenvalue weighted by Gasteiger charge is -2.15. The Morgan fingerprint density at radius 3 is 2.24 bits per heavy atom. The van der Waals surface area contributed by atoms with E-state index in [2.05, 4.69) is 0 Å². The Balaban J connectivity index is 1.89. The van der Waals surface area contributed by atoms with Crippen molar-refractivity contribution in [2.75, 3.05) is 11.9 Å². The van der Waals surface area contributed by atoms with Crippen LogP contribution in [0.25, 0.3) is 0 Å². The van der Waals surface area contributed by atoms with Crippen molar-refractivity contribution in [3.05, 3.63) is 77.5 Å². The number of furan rings is 1. The summed E-state index contributed by atoms with van der Waals surface area (Å²) in [7, 11) is -2.26. The van der Waals surface area contributed by atoms with Crippen LogP contribution >= 0.6 is 11.6 Å². The molecule has 0 fully saturated rings. The predicted octanol–water partition coefficient (Wildman–Crippen LogP) is 4.04. The lowest BCUT2D eigenvalue weighted by Crippen LogP contribution is -2.25. The van der Waals surface area contributed by atoms with Gasteiger partial charge in [0.05, 0.1) is 4.90 Å². The third-order valence-corrected chi connectivity index (χ3v) is 5.52. The number of carbonyl (C=O) groups excluding carboxylic acids is 1. The van der Waals surface area contributed by atoms with E-state index in [-0.39, 0.29) is 15.7 Å². The van der Waals surface area contributed by atoms with Crippen molar-refractivity contribution in [1.29, 1.82) is 0 Å². The first kappa shape index (κ1) is 17.3. The van der Waals surface area contributed by atoms with Crippen molar-refractivity contribution in [3.63, 3.8) is 0 Å². The van der Waals surface area contributed by atoms with Crippen LogP contribution in [0.4, 0.5) is 5.69 Å². The molecule has 25 heavy (non-hydrogen) atoms. The summed E-state index contributed by atoms with van der Waals surface area (Å²) in [5.74, 6) is -0.498. The number of rotatable bonds is 4. The maximum atomic E-state index is 12.6. The standard InChI is InChI=1S/C18H14ClNO4S/c1-20(14-5-3-2-4-6-14)18(21)16-11-12-17(24-16)25(22,23)15-9-7-13(19)8-10-15/h2-12H,1H3. The second kappa shape index (κ2) is 6.74. The van der Waals surface area contributed by atoms with Gasteiger partial charge < -0.3 is 9.32 Å². The molecule has 5 nitrogen and oxygen atoms in total. The molecule has 0 aliphatic carbocycles. The molecule has 2 aromatic carbocycles. The molecule has 0 bridgehead atoms. The van der Waals surface area contributed by atoms with E-state index < -0.39 is 15.7 Å². The van der Waals surface area contributed by atoms with E-state index in [0.29, 0.717) is 10.7 Å². The highest BCUT2D eigenvalue weighted by Crippen LogP contribution is 2.25. The number of nitrogens with zero attached hydrogens (tertiary/aromatic N) is 1. The Morgan fingerprint density at radius 2 is 1.60 bits per heavy atom. The summed E-state index contributed by atoms with van der Waals surface area (Å²) in [5.41, 5.74) is 0.672.